The summed E-state index contributed by atoms with van der Waals surface area (Å²) in [6.45, 7) is 4.02. The van der Waals surface area contributed by atoms with Crippen molar-refractivity contribution in [1.82, 2.24) is 0 Å². The van der Waals surface area contributed by atoms with Gasteiger partial charge in [0.05, 0.1) is 13.0 Å². The quantitative estimate of drug-likeness (QED) is 0.494. The van der Waals surface area contributed by atoms with Crippen molar-refractivity contribution in [3.05, 3.63) is 0 Å². The molecule has 0 bridgehead atoms. The van der Waals surface area contributed by atoms with E-state index in [1.807, 2.05) is 6.92 Å². The molecule has 0 aromatic carbocycles. The zero-order chi connectivity index (χ0) is 7.98. The standard InChI is InChI=1S/C8H16O2.Ca.2H/c1-4-5-6-7(2)8(9)10-3;;;/h7H,4-6H2,1-3H3;;;/q;+2;2*-1. The van der Waals surface area contributed by atoms with Gasteiger partial charge in [-0.2, -0.15) is 0 Å². The molecule has 0 spiro atoms. The van der Waals surface area contributed by atoms with E-state index >= 15 is 0 Å². The normalized spacial score (nSPS) is 11.5. The van der Waals surface area contributed by atoms with Crippen LogP contribution in [0.25, 0.3) is 0 Å². The average Bonchev–Trinajstić information content (AvgIpc) is 1.98. The summed E-state index contributed by atoms with van der Waals surface area (Å²) in [6.07, 6.45) is 3.20. The van der Waals surface area contributed by atoms with Gasteiger partial charge in [-0.15, -0.1) is 0 Å². The summed E-state index contributed by atoms with van der Waals surface area (Å²) in [7, 11) is 1.44. The van der Waals surface area contributed by atoms with Crippen LogP contribution in [-0.2, 0) is 9.53 Å². The van der Waals surface area contributed by atoms with Crippen molar-refractivity contribution < 1.29 is 12.4 Å². The molecule has 1 atom stereocenters. The SMILES string of the molecule is CCCCC(C)C(=O)OC.[Ca+2].[H-].[H-]. The second kappa shape index (κ2) is 8.82. The maximum absolute atomic E-state index is 10.8. The molecule has 3 heteroatoms. The molecule has 0 rings (SSSR count). The molecular formula is C8H18CaO2. The van der Waals surface area contributed by atoms with Crippen molar-refractivity contribution >= 4 is 43.7 Å². The number of esters is 1. The van der Waals surface area contributed by atoms with E-state index in [-0.39, 0.29) is 52.5 Å². The molecule has 0 heterocycles. The summed E-state index contributed by atoms with van der Waals surface area (Å²) < 4.78 is 4.57. The summed E-state index contributed by atoms with van der Waals surface area (Å²) in [6, 6.07) is 0. The first-order valence-electron chi connectivity index (χ1n) is 3.80. The predicted octanol–water partition coefficient (Wildman–Crippen LogP) is 1.83. The Labute approximate surface area is 102 Å². The van der Waals surface area contributed by atoms with Gasteiger partial charge in [0.1, 0.15) is 0 Å². The van der Waals surface area contributed by atoms with Crippen LogP contribution in [0.4, 0.5) is 0 Å². The number of carbonyl (C=O) groups is 1. The Kier molecular flexibility index (Phi) is 11.4. The molecule has 1 unspecified atom stereocenters. The molecule has 0 fully saturated rings. The first-order valence-corrected chi connectivity index (χ1v) is 3.80. The predicted molar refractivity (Wildman–Crippen MR) is 48.7 cm³/mol. The minimum atomic E-state index is -0.0894. The van der Waals surface area contributed by atoms with Crippen molar-refractivity contribution in [3.63, 3.8) is 0 Å². The summed E-state index contributed by atoms with van der Waals surface area (Å²) in [4.78, 5) is 10.8. The molecule has 0 aliphatic heterocycles. The van der Waals surface area contributed by atoms with Gasteiger partial charge in [-0.1, -0.05) is 26.7 Å². The van der Waals surface area contributed by atoms with E-state index in [0.29, 0.717) is 0 Å². The van der Waals surface area contributed by atoms with Gasteiger partial charge in [-0.05, 0) is 6.42 Å². The maximum atomic E-state index is 10.8. The van der Waals surface area contributed by atoms with Crippen LogP contribution in [-0.4, -0.2) is 50.8 Å². The molecule has 0 N–H and O–H groups in total. The number of methoxy groups -OCH3 is 1. The average molecular weight is 186 g/mol. The third-order valence-electron chi connectivity index (χ3n) is 1.59. The number of unbranched alkanes of at least 4 members (excludes halogenated alkanes) is 1. The second-order valence-corrected chi connectivity index (χ2v) is 2.57. The number of hydrogen-bond acceptors (Lipinski definition) is 2. The summed E-state index contributed by atoms with van der Waals surface area (Å²) in [5.41, 5.74) is 0. The molecule has 0 saturated carbocycles. The molecule has 0 aliphatic carbocycles. The fourth-order valence-corrected chi connectivity index (χ4v) is 0.829. The molecule has 0 aromatic rings. The van der Waals surface area contributed by atoms with Crippen LogP contribution < -0.4 is 0 Å². The van der Waals surface area contributed by atoms with E-state index in [2.05, 4.69) is 11.7 Å². The van der Waals surface area contributed by atoms with Crippen LogP contribution in [0.3, 0.4) is 0 Å². The molecule has 11 heavy (non-hydrogen) atoms. The molecule has 0 amide bonds. The van der Waals surface area contributed by atoms with Gasteiger partial charge in [0, 0.05) is 0 Å². The summed E-state index contributed by atoms with van der Waals surface area (Å²) in [5.74, 6) is -0.0154. The third-order valence-corrected chi connectivity index (χ3v) is 1.59. The molecule has 0 saturated heterocycles. The Hall–Kier alpha value is 0.730. The first kappa shape index (κ1) is 14.3. The number of ether oxygens (including phenoxy) is 1. The van der Waals surface area contributed by atoms with Gasteiger partial charge in [0.25, 0.3) is 0 Å². The van der Waals surface area contributed by atoms with E-state index in [9.17, 15) is 4.79 Å². The zero-order valence-electron chi connectivity index (χ0n) is 9.72. The Balaban J connectivity index is -0.000000135. The van der Waals surface area contributed by atoms with Gasteiger partial charge < -0.3 is 7.59 Å². The zero-order valence-corrected chi connectivity index (χ0v) is 9.93. The van der Waals surface area contributed by atoms with Crippen LogP contribution in [0.1, 0.15) is 36.0 Å². The van der Waals surface area contributed by atoms with Crippen molar-refractivity contribution in [2.75, 3.05) is 7.11 Å². The van der Waals surface area contributed by atoms with Gasteiger partial charge >= 0.3 is 43.7 Å². The van der Waals surface area contributed by atoms with Crippen LogP contribution in [0, 0.1) is 5.92 Å². The summed E-state index contributed by atoms with van der Waals surface area (Å²) in [5, 5.41) is 0. The Morgan fingerprint density at radius 2 is 2.18 bits per heavy atom. The van der Waals surface area contributed by atoms with Gasteiger partial charge in [0.15, 0.2) is 0 Å². The second-order valence-electron chi connectivity index (χ2n) is 2.57. The Morgan fingerprint density at radius 1 is 1.64 bits per heavy atom. The fourth-order valence-electron chi connectivity index (χ4n) is 0.829. The van der Waals surface area contributed by atoms with E-state index in [1.165, 1.54) is 7.11 Å². The van der Waals surface area contributed by atoms with Gasteiger partial charge in [-0.3, -0.25) is 4.79 Å². The van der Waals surface area contributed by atoms with Crippen molar-refractivity contribution in [2.45, 2.75) is 33.1 Å². The molecule has 64 valence electrons. The van der Waals surface area contributed by atoms with Crippen molar-refractivity contribution in [1.29, 1.82) is 0 Å². The van der Waals surface area contributed by atoms with Gasteiger partial charge in [-0.25, -0.2) is 0 Å². The molecule has 0 aliphatic rings. The van der Waals surface area contributed by atoms with Crippen LogP contribution in [0.15, 0.2) is 0 Å². The Bertz CT molecular complexity index is 112. The largest absolute Gasteiger partial charge is 2.00 e. The molecular weight excluding hydrogens is 168 g/mol. The first-order chi connectivity index (χ1) is 4.72. The van der Waals surface area contributed by atoms with Crippen molar-refractivity contribution in [2.24, 2.45) is 5.92 Å². The molecule has 0 aromatic heterocycles. The van der Waals surface area contributed by atoms with Gasteiger partial charge in [0.2, 0.25) is 0 Å². The van der Waals surface area contributed by atoms with Crippen LogP contribution in [0.5, 0.6) is 0 Å². The van der Waals surface area contributed by atoms with Crippen LogP contribution >= 0.6 is 0 Å². The number of hydrogen-bond donors (Lipinski definition) is 0. The third kappa shape index (κ3) is 7.10. The minimum Gasteiger partial charge on any atom is -1.00 e. The smallest absolute Gasteiger partial charge is 1.00 e. The fraction of sp³-hybridized carbons (Fsp3) is 0.875. The minimum absolute atomic E-state index is 0. The molecule has 0 radical (unpaired) electrons. The van der Waals surface area contributed by atoms with E-state index < -0.39 is 0 Å². The van der Waals surface area contributed by atoms with Crippen molar-refractivity contribution in [3.8, 4) is 0 Å². The van der Waals surface area contributed by atoms with E-state index in [0.717, 1.165) is 19.3 Å². The number of rotatable bonds is 4. The van der Waals surface area contributed by atoms with E-state index in [1.54, 1.807) is 0 Å². The van der Waals surface area contributed by atoms with E-state index in [4.69, 9.17) is 0 Å². The topological polar surface area (TPSA) is 26.3 Å². The van der Waals surface area contributed by atoms with Crippen LogP contribution in [0.2, 0.25) is 0 Å². The Morgan fingerprint density at radius 3 is 2.55 bits per heavy atom. The summed E-state index contributed by atoms with van der Waals surface area (Å²) >= 11 is 0. The number of carbonyl (C=O) groups excluding carboxylic acids is 1. The maximum Gasteiger partial charge on any atom is 2.00 e. The monoisotopic (exact) mass is 186 g/mol. The molecule has 2 nitrogen and oxygen atoms in total.